The SMILES string of the molecule is COC(=O)C1C[C@@H]2CC(O)[C@@H]2C1. The van der Waals surface area contributed by atoms with Crippen molar-refractivity contribution in [1.82, 2.24) is 0 Å². The number of esters is 1. The van der Waals surface area contributed by atoms with Gasteiger partial charge in [0, 0.05) is 0 Å². The number of aliphatic hydroxyl groups excluding tert-OH is 1. The Kier molecular flexibility index (Phi) is 1.83. The van der Waals surface area contributed by atoms with Crippen LogP contribution in [-0.2, 0) is 9.53 Å². The number of hydrogen-bond donors (Lipinski definition) is 1. The monoisotopic (exact) mass is 170 g/mol. The van der Waals surface area contributed by atoms with Crippen LogP contribution in [0.1, 0.15) is 19.3 Å². The second kappa shape index (κ2) is 2.73. The van der Waals surface area contributed by atoms with Gasteiger partial charge < -0.3 is 9.84 Å². The molecule has 2 saturated carbocycles. The van der Waals surface area contributed by atoms with Crippen LogP contribution in [-0.4, -0.2) is 24.3 Å². The average molecular weight is 170 g/mol. The zero-order valence-corrected chi connectivity index (χ0v) is 7.19. The molecule has 0 saturated heterocycles. The third-order valence-corrected chi connectivity index (χ3v) is 3.32. The molecule has 0 aromatic rings. The normalized spacial score (nSPS) is 44.8. The van der Waals surface area contributed by atoms with Gasteiger partial charge in [0.2, 0.25) is 0 Å². The summed E-state index contributed by atoms with van der Waals surface area (Å²) in [5.74, 6) is 0.928. The highest BCUT2D eigenvalue weighted by molar-refractivity contribution is 5.72. The number of rotatable bonds is 1. The summed E-state index contributed by atoms with van der Waals surface area (Å²) in [6, 6.07) is 0. The number of carbonyl (C=O) groups is 1. The average Bonchev–Trinajstić information content (AvgIpc) is 2.41. The van der Waals surface area contributed by atoms with E-state index in [1.165, 1.54) is 7.11 Å². The fraction of sp³-hybridized carbons (Fsp3) is 0.889. The van der Waals surface area contributed by atoms with E-state index < -0.39 is 0 Å². The van der Waals surface area contributed by atoms with Gasteiger partial charge in [-0.25, -0.2) is 0 Å². The Bertz CT molecular complexity index is 202. The largest absolute Gasteiger partial charge is 0.469 e. The van der Waals surface area contributed by atoms with Gasteiger partial charge in [0.1, 0.15) is 0 Å². The van der Waals surface area contributed by atoms with Crippen molar-refractivity contribution in [1.29, 1.82) is 0 Å². The number of fused-ring (bicyclic) bond motifs is 1. The Balaban J connectivity index is 1.94. The van der Waals surface area contributed by atoms with E-state index in [0.29, 0.717) is 11.8 Å². The van der Waals surface area contributed by atoms with Gasteiger partial charge in [0.15, 0.2) is 0 Å². The van der Waals surface area contributed by atoms with Crippen molar-refractivity contribution in [3.05, 3.63) is 0 Å². The van der Waals surface area contributed by atoms with Crippen LogP contribution in [0.25, 0.3) is 0 Å². The van der Waals surface area contributed by atoms with Crippen molar-refractivity contribution in [2.45, 2.75) is 25.4 Å². The number of hydrogen-bond acceptors (Lipinski definition) is 3. The second-order valence-corrected chi connectivity index (χ2v) is 3.92. The van der Waals surface area contributed by atoms with E-state index in [0.717, 1.165) is 19.3 Å². The molecule has 2 aliphatic carbocycles. The molecule has 0 aromatic carbocycles. The molecular weight excluding hydrogens is 156 g/mol. The molecule has 1 N–H and O–H groups in total. The van der Waals surface area contributed by atoms with Crippen LogP contribution in [0, 0.1) is 17.8 Å². The van der Waals surface area contributed by atoms with Crippen LogP contribution in [0.3, 0.4) is 0 Å². The van der Waals surface area contributed by atoms with E-state index in [-0.39, 0.29) is 18.0 Å². The minimum Gasteiger partial charge on any atom is -0.469 e. The summed E-state index contributed by atoms with van der Waals surface area (Å²) in [5.41, 5.74) is 0. The Morgan fingerprint density at radius 2 is 2.17 bits per heavy atom. The van der Waals surface area contributed by atoms with Gasteiger partial charge >= 0.3 is 5.97 Å². The highest BCUT2D eigenvalue weighted by Crippen LogP contribution is 2.49. The van der Waals surface area contributed by atoms with Gasteiger partial charge in [0.05, 0.1) is 19.1 Å². The maximum atomic E-state index is 11.1. The Hall–Kier alpha value is -0.570. The van der Waals surface area contributed by atoms with Crippen LogP contribution in [0.5, 0.6) is 0 Å². The van der Waals surface area contributed by atoms with Crippen LogP contribution in [0.4, 0.5) is 0 Å². The zero-order valence-electron chi connectivity index (χ0n) is 7.19. The van der Waals surface area contributed by atoms with Gasteiger partial charge in [-0.3, -0.25) is 4.79 Å². The summed E-state index contributed by atoms with van der Waals surface area (Å²) >= 11 is 0. The van der Waals surface area contributed by atoms with E-state index in [1.54, 1.807) is 0 Å². The predicted octanol–water partition coefficient (Wildman–Crippen LogP) is 0.566. The molecule has 4 atom stereocenters. The van der Waals surface area contributed by atoms with Crippen molar-refractivity contribution in [3.63, 3.8) is 0 Å². The molecule has 2 rings (SSSR count). The van der Waals surface area contributed by atoms with Crippen molar-refractivity contribution >= 4 is 5.97 Å². The van der Waals surface area contributed by atoms with E-state index in [4.69, 9.17) is 0 Å². The van der Waals surface area contributed by atoms with Crippen molar-refractivity contribution in [2.24, 2.45) is 17.8 Å². The lowest BCUT2D eigenvalue weighted by Gasteiger charge is -2.36. The lowest BCUT2D eigenvalue weighted by atomic mass is 9.74. The second-order valence-electron chi connectivity index (χ2n) is 3.92. The third-order valence-electron chi connectivity index (χ3n) is 3.32. The summed E-state index contributed by atoms with van der Waals surface area (Å²) in [5, 5.41) is 9.34. The molecule has 0 radical (unpaired) electrons. The highest BCUT2D eigenvalue weighted by atomic mass is 16.5. The smallest absolute Gasteiger partial charge is 0.308 e. The van der Waals surface area contributed by atoms with Gasteiger partial charge in [-0.2, -0.15) is 0 Å². The molecule has 12 heavy (non-hydrogen) atoms. The van der Waals surface area contributed by atoms with Crippen LogP contribution < -0.4 is 0 Å². The molecule has 0 heterocycles. The molecule has 3 heteroatoms. The summed E-state index contributed by atoms with van der Waals surface area (Å²) < 4.78 is 4.67. The summed E-state index contributed by atoms with van der Waals surface area (Å²) in [4.78, 5) is 11.1. The highest BCUT2D eigenvalue weighted by Gasteiger charge is 2.48. The van der Waals surface area contributed by atoms with Crippen LogP contribution in [0.15, 0.2) is 0 Å². The fourth-order valence-corrected chi connectivity index (χ4v) is 2.55. The first-order valence-electron chi connectivity index (χ1n) is 4.48. The van der Waals surface area contributed by atoms with E-state index >= 15 is 0 Å². The minimum atomic E-state index is -0.148. The molecule has 0 aliphatic heterocycles. The summed E-state index contributed by atoms with van der Waals surface area (Å²) in [6.45, 7) is 0. The quantitative estimate of drug-likeness (QED) is 0.585. The number of carbonyl (C=O) groups excluding carboxylic acids is 1. The standard InChI is InChI=1S/C9H14O3/c1-12-9(11)6-2-5-4-8(10)7(5)3-6/h5-8,10H,2-4H2,1H3/t5-,6?,7-,8?/m1/s1. The van der Waals surface area contributed by atoms with Gasteiger partial charge in [-0.1, -0.05) is 0 Å². The summed E-state index contributed by atoms with van der Waals surface area (Å²) in [6.07, 6.45) is 2.50. The number of ether oxygens (including phenoxy) is 1. The number of aliphatic hydroxyl groups is 1. The third kappa shape index (κ3) is 1.04. The Morgan fingerprint density at radius 1 is 1.42 bits per heavy atom. The van der Waals surface area contributed by atoms with E-state index in [1.807, 2.05) is 0 Å². The van der Waals surface area contributed by atoms with Crippen LogP contribution >= 0.6 is 0 Å². The Morgan fingerprint density at radius 3 is 2.67 bits per heavy atom. The van der Waals surface area contributed by atoms with Gasteiger partial charge in [-0.15, -0.1) is 0 Å². The van der Waals surface area contributed by atoms with E-state index in [9.17, 15) is 9.90 Å². The lowest BCUT2D eigenvalue weighted by molar-refractivity contribution is -0.145. The first kappa shape index (κ1) is 8.05. The minimum absolute atomic E-state index is 0.0575. The van der Waals surface area contributed by atoms with Gasteiger partial charge in [0.25, 0.3) is 0 Å². The maximum absolute atomic E-state index is 11.1. The van der Waals surface area contributed by atoms with Crippen LogP contribution in [0.2, 0.25) is 0 Å². The van der Waals surface area contributed by atoms with Crippen molar-refractivity contribution in [3.8, 4) is 0 Å². The van der Waals surface area contributed by atoms with E-state index in [2.05, 4.69) is 4.74 Å². The topological polar surface area (TPSA) is 46.5 Å². The predicted molar refractivity (Wildman–Crippen MR) is 42.3 cm³/mol. The Labute approximate surface area is 71.7 Å². The molecule has 0 bridgehead atoms. The zero-order chi connectivity index (χ0) is 8.72. The lowest BCUT2D eigenvalue weighted by Crippen LogP contribution is -2.37. The summed E-state index contributed by atoms with van der Waals surface area (Å²) in [7, 11) is 1.43. The molecule has 2 unspecified atom stereocenters. The first-order valence-corrected chi connectivity index (χ1v) is 4.48. The molecule has 2 fully saturated rings. The maximum Gasteiger partial charge on any atom is 0.308 e. The van der Waals surface area contributed by atoms with Crippen molar-refractivity contribution in [2.75, 3.05) is 7.11 Å². The molecule has 2 aliphatic rings. The molecule has 0 amide bonds. The molecule has 0 spiro atoms. The molecular formula is C9H14O3. The number of methoxy groups -OCH3 is 1. The molecule has 0 aromatic heterocycles. The molecule has 68 valence electrons. The van der Waals surface area contributed by atoms with Crippen molar-refractivity contribution < 1.29 is 14.6 Å². The first-order chi connectivity index (χ1) is 5.72. The fourth-order valence-electron chi connectivity index (χ4n) is 2.55. The molecule has 3 nitrogen and oxygen atoms in total. The van der Waals surface area contributed by atoms with Gasteiger partial charge in [-0.05, 0) is 31.1 Å².